The average molecular weight is 232 g/mol. The number of pyridine rings is 1. The number of carbonyl (C=O) groups is 1. The van der Waals surface area contributed by atoms with Gasteiger partial charge in [0.1, 0.15) is 10.3 Å². The van der Waals surface area contributed by atoms with Crippen molar-refractivity contribution in [3.05, 3.63) is 28.0 Å². The van der Waals surface area contributed by atoms with Crippen LogP contribution in [0.25, 0.3) is 0 Å². The van der Waals surface area contributed by atoms with Crippen LogP contribution in [0.3, 0.4) is 0 Å². The van der Waals surface area contributed by atoms with Crippen LogP contribution in [0, 0.1) is 5.41 Å². The van der Waals surface area contributed by atoms with E-state index in [0.29, 0.717) is 5.56 Å². The Morgan fingerprint density at radius 2 is 1.64 bits per heavy atom. The van der Waals surface area contributed by atoms with Gasteiger partial charge in [0.05, 0.1) is 0 Å². The molecule has 0 unspecified atom stereocenters. The molecule has 0 saturated carbocycles. The van der Waals surface area contributed by atoms with Gasteiger partial charge >= 0.3 is 0 Å². The number of rotatable bonds is 1. The third-order valence-electron chi connectivity index (χ3n) is 1.71. The fraction of sp³-hybridized carbons (Fsp3) is 0.400. The lowest BCUT2D eigenvalue weighted by molar-refractivity contribution is 0.0858. The number of carbonyl (C=O) groups excluding carboxylic acids is 1. The van der Waals surface area contributed by atoms with E-state index in [9.17, 15) is 4.79 Å². The van der Waals surface area contributed by atoms with E-state index in [-0.39, 0.29) is 16.1 Å². The summed E-state index contributed by atoms with van der Waals surface area (Å²) < 4.78 is 0. The molecule has 0 amide bonds. The minimum Gasteiger partial charge on any atom is -0.294 e. The van der Waals surface area contributed by atoms with Gasteiger partial charge in [-0.05, 0) is 12.1 Å². The Morgan fingerprint density at radius 1 is 1.21 bits per heavy atom. The minimum atomic E-state index is -0.436. The number of aromatic nitrogens is 1. The van der Waals surface area contributed by atoms with Crippen LogP contribution < -0.4 is 0 Å². The monoisotopic (exact) mass is 231 g/mol. The normalized spacial score (nSPS) is 11.5. The molecule has 1 aromatic heterocycles. The van der Waals surface area contributed by atoms with Gasteiger partial charge in [0.25, 0.3) is 0 Å². The van der Waals surface area contributed by atoms with Crippen LogP contribution in [-0.4, -0.2) is 10.8 Å². The van der Waals surface area contributed by atoms with E-state index >= 15 is 0 Å². The van der Waals surface area contributed by atoms with Crippen LogP contribution in [0.4, 0.5) is 0 Å². The number of hydrogen-bond acceptors (Lipinski definition) is 2. The predicted molar refractivity (Wildman–Crippen MR) is 58.0 cm³/mol. The lowest BCUT2D eigenvalue weighted by Crippen LogP contribution is -2.20. The van der Waals surface area contributed by atoms with E-state index < -0.39 is 5.41 Å². The van der Waals surface area contributed by atoms with E-state index in [4.69, 9.17) is 23.2 Å². The molecule has 0 aromatic carbocycles. The molecule has 0 aliphatic carbocycles. The standard InChI is InChI=1S/C10H11Cl2NO/c1-10(2,3)9(14)6-4-7(11)13-8(12)5-6/h4-5H,1-3H3. The predicted octanol–water partition coefficient (Wildman–Crippen LogP) is 3.62. The van der Waals surface area contributed by atoms with Crippen molar-refractivity contribution < 1.29 is 4.79 Å². The molecule has 2 nitrogen and oxygen atoms in total. The molecule has 4 heteroatoms. The SMILES string of the molecule is CC(C)(C)C(=O)c1cc(Cl)nc(Cl)c1. The molecule has 0 aliphatic heterocycles. The Labute approximate surface area is 93.2 Å². The van der Waals surface area contributed by atoms with Gasteiger partial charge in [-0.15, -0.1) is 0 Å². The summed E-state index contributed by atoms with van der Waals surface area (Å²) in [5.74, 6) is 0.00343. The molecular weight excluding hydrogens is 221 g/mol. The second kappa shape index (κ2) is 3.87. The van der Waals surface area contributed by atoms with Gasteiger partial charge in [0.15, 0.2) is 5.78 Å². The van der Waals surface area contributed by atoms with Crippen LogP contribution in [0.1, 0.15) is 31.1 Å². The van der Waals surface area contributed by atoms with Crippen LogP contribution in [0.15, 0.2) is 12.1 Å². The fourth-order valence-corrected chi connectivity index (χ4v) is 1.49. The van der Waals surface area contributed by atoms with Crippen molar-refractivity contribution in [1.82, 2.24) is 4.98 Å². The maximum Gasteiger partial charge on any atom is 0.168 e. The van der Waals surface area contributed by atoms with Gasteiger partial charge in [-0.1, -0.05) is 44.0 Å². The first-order valence-electron chi connectivity index (χ1n) is 4.18. The molecule has 1 rings (SSSR count). The number of halogens is 2. The van der Waals surface area contributed by atoms with Gasteiger partial charge in [0.2, 0.25) is 0 Å². The number of hydrogen-bond donors (Lipinski definition) is 0. The molecule has 0 atom stereocenters. The van der Waals surface area contributed by atoms with Gasteiger partial charge in [-0.25, -0.2) is 4.98 Å². The van der Waals surface area contributed by atoms with E-state index in [1.165, 1.54) is 12.1 Å². The zero-order valence-corrected chi connectivity index (χ0v) is 9.78. The van der Waals surface area contributed by atoms with E-state index in [1.807, 2.05) is 20.8 Å². The van der Waals surface area contributed by atoms with E-state index in [2.05, 4.69) is 4.98 Å². The van der Waals surface area contributed by atoms with Crippen LogP contribution in [-0.2, 0) is 0 Å². The first kappa shape index (κ1) is 11.5. The van der Waals surface area contributed by atoms with Crippen molar-refractivity contribution in [3.63, 3.8) is 0 Å². The fourth-order valence-electron chi connectivity index (χ4n) is 1.03. The molecule has 1 aromatic rings. The molecular formula is C10H11Cl2NO. The Kier molecular flexibility index (Phi) is 3.17. The largest absolute Gasteiger partial charge is 0.294 e. The van der Waals surface area contributed by atoms with E-state index in [1.54, 1.807) is 0 Å². The summed E-state index contributed by atoms with van der Waals surface area (Å²) in [5, 5.41) is 0.482. The van der Waals surface area contributed by atoms with E-state index in [0.717, 1.165) is 0 Å². The highest BCUT2D eigenvalue weighted by molar-refractivity contribution is 6.33. The topological polar surface area (TPSA) is 30.0 Å². The Hall–Kier alpha value is -0.600. The maximum absolute atomic E-state index is 11.8. The van der Waals surface area contributed by atoms with Crippen molar-refractivity contribution in [2.24, 2.45) is 5.41 Å². The second-order valence-corrected chi connectivity index (χ2v) is 4.85. The zero-order chi connectivity index (χ0) is 10.9. The first-order valence-corrected chi connectivity index (χ1v) is 4.94. The summed E-state index contributed by atoms with van der Waals surface area (Å²) >= 11 is 11.4. The lowest BCUT2D eigenvalue weighted by atomic mass is 9.87. The smallest absolute Gasteiger partial charge is 0.168 e. The molecule has 14 heavy (non-hydrogen) atoms. The highest BCUT2D eigenvalue weighted by Crippen LogP contribution is 2.23. The Bertz CT molecular complexity index is 349. The molecule has 0 spiro atoms. The van der Waals surface area contributed by atoms with Crippen LogP contribution in [0.5, 0.6) is 0 Å². The molecule has 0 bridgehead atoms. The number of nitrogens with zero attached hydrogens (tertiary/aromatic N) is 1. The van der Waals surface area contributed by atoms with Gasteiger partial charge in [-0.3, -0.25) is 4.79 Å². The molecule has 0 saturated heterocycles. The summed E-state index contributed by atoms with van der Waals surface area (Å²) in [6.07, 6.45) is 0. The van der Waals surface area contributed by atoms with Gasteiger partial charge < -0.3 is 0 Å². The van der Waals surface area contributed by atoms with Gasteiger partial charge in [-0.2, -0.15) is 0 Å². The third kappa shape index (κ3) is 2.69. The highest BCUT2D eigenvalue weighted by Gasteiger charge is 2.23. The molecule has 0 radical (unpaired) electrons. The van der Waals surface area contributed by atoms with Crippen LogP contribution >= 0.6 is 23.2 Å². The quantitative estimate of drug-likeness (QED) is 0.546. The second-order valence-electron chi connectivity index (χ2n) is 4.08. The molecule has 76 valence electrons. The van der Waals surface area contributed by atoms with Crippen molar-refractivity contribution in [3.8, 4) is 0 Å². The van der Waals surface area contributed by atoms with Crippen molar-refractivity contribution in [2.45, 2.75) is 20.8 Å². The summed E-state index contributed by atoms with van der Waals surface area (Å²) in [6, 6.07) is 3.06. The molecule has 0 N–H and O–H groups in total. The average Bonchev–Trinajstić information content (AvgIpc) is 1.99. The molecule has 0 fully saturated rings. The van der Waals surface area contributed by atoms with Gasteiger partial charge in [0, 0.05) is 11.0 Å². The molecule has 0 aliphatic rings. The van der Waals surface area contributed by atoms with Crippen molar-refractivity contribution in [1.29, 1.82) is 0 Å². The maximum atomic E-state index is 11.8. The summed E-state index contributed by atoms with van der Waals surface area (Å²) in [5.41, 5.74) is 0.0658. The zero-order valence-electron chi connectivity index (χ0n) is 8.27. The number of Topliss-reactive ketones (excluding diaryl/α,β-unsaturated/α-hetero) is 1. The van der Waals surface area contributed by atoms with Crippen molar-refractivity contribution >= 4 is 29.0 Å². The Balaban J connectivity index is 3.14. The minimum absolute atomic E-state index is 0.00343. The summed E-state index contributed by atoms with van der Waals surface area (Å²) in [7, 11) is 0. The van der Waals surface area contributed by atoms with Crippen molar-refractivity contribution in [2.75, 3.05) is 0 Å². The first-order chi connectivity index (χ1) is 6.30. The van der Waals surface area contributed by atoms with Crippen LogP contribution in [0.2, 0.25) is 10.3 Å². The molecule has 1 heterocycles. The number of ketones is 1. The summed E-state index contributed by atoms with van der Waals surface area (Å²) in [4.78, 5) is 15.6. The third-order valence-corrected chi connectivity index (χ3v) is 2.09. The lowest BCUT2D eigenvalue weighted by Gasteiger charge is -2.16. The Morgan fingerprint density at radius 3 is 2.00 bits per heavy atom. The highest BCUT2D eigenvalue weighted by atomic mass is 35.5. The summed E-state index contributed by atoms with van der Waals surface area (Å²) in [6.45, 7) is 5.53.